The van der Waals surface area contributed by atoms with Crippen molar-refractivity contribution in [2.75, 3.05) is 24.3 Å². The van der Waals surface area contributed by atoms with E-state index in [2.05, 4.69) is 10.6 Å². The number of nitrogens with two attached hydrogens (primary N) is 1. The topological polar surface area (TPSA) is 93.4 Å². The zero-order chi connectivity index (χ0) is 17.5. The molecule has 0 bridgehead atoms. The average Bonchev–Trinajstić information content (AvgIpc) is 2.57. The van der Waals surface area contributed by atoms with E-state index < -0.39 is 11.7 Å². The number of amides is 2. The minimum atomic E-state index is -0.415. The lowest BCUT2D eigenvalue weighted by molar-refractivity contribution is -0.116. The van der Waals surface area contributed by atoms with E-state index in [1.54, 1.807) is 18.2 Å². The first-order valence-electron chi connectivity index (χ1n) is 7.28. The van der Waals surface area contributed by atoms with Crippen LogP contribution < -0.4 is 21.1 Å². The van der Waals surface area contributed by atoms with Crippen molar-refractivity contribution in [3.05, 3.63) is 53.8 Å². The van der Waals surface area contributed by atoms with Crippen LogP contribution in [0.1, 0.15) is 16.8 Å². The van der Waals surface area contributed by atoms with Crippen molar-refractivity contribution < 1.29 is 18.7 Å². The van der Waals surface area contributed by atoms with Gasteiger partial charge < -0.3 is 21.1 Å². The molecule has 0 aromatic heterocycles. The third-order valence-electron chi connectivity index (χ3n) is 3.21. The molecule has 0 saturated heterocycles. The molecule has 2 aromatic rings. The molecule has 0 aliphatic heterocycles. The maximum atomic E-state index is 12.9. The molecule has 0 heterocycles. The summed E-state index contributed by atoms with van der Waals surface area (Å²) in [7, 11) is 1.45. The predicted octanol–water partition coefficient (Wildman–Crippen LogP) is 2.37. The Hall–Kier alpha value is -2.93. The molecule has 0 aliphatic carbocycles. The van der Waals surface area contributed by atoms with Crippen LogP contribution in [0.15, 0.2) is 42.5 Å². The number of rotatable bonds is 6. The standard InChI is InChI=1S/C17H18FN3O3/c1-24-15-10-13(20-16(22)8-9-19)6-7-14(15)21-17(23)11-2-4-12(18)5-3-11/h2-7,10H,8-9,19H2,1H3,(H,20,22)(H,21,23). The molecule has 126 valence electrons. The Morgan fingerprint density at radius 3 is 2.46 bits per heavy atom. The summed E-state index contributed by atoms with van der Waals surface area (Å²) in [6, 6.07) is 10.0. The Labute approximate surface area is 138 Å². The van der Waals surface area contributed by atoms with Crippen molar-refractivity contribution in [2.24, 2.45) is 5.73 Å². The van der Waals surface area contributed by atoms with E-state index in [4.69, 9.17) is 10.5 Å². The minimum Gasteiger partial charge on any atom is -0.494 e. The van der Waals surface area contributed by atoms with Gasteiger partial charge in [0, 0.05) is 30.3 Å². The van der Waals surface area contributed by atoms with Crippen LogP contribution in [-0.2, 0) is 4.79 Å². The average molecular weight is 331 g/mol. The summed E-state index contributed by atoms with van der Waals surface area (Å²) in [5.74, 6) is -0.631. The van der Waals surface area contributed by atoms with Gasteiger partial charge in [-0.3, -0.25) is 9.59 Å². The first-order valence-corrected chi connectivity index (χ1v) is 7.28. The van der Waals surface area contributed by atoms with Gasteiger partial charge in [-0.05, 0) is 36.4 Å². The van der Waals surface area contributed by atoms with Crippen molar-refractivity contribution >= 4 is 23.2 Å². The highest BCUT2D eigenvalue weighted by Crippen LogP contribution is 2.28. The van der Waals surface area contributed by atoms with Crippen molar-refractivity contribution in [1.82, 2.24) is 0 Å². The highest BCUT2D eigenvalue weighted by atomic mass is 19.1. The minimum absolute atomic E-state index is 0.206. The molecule has 2 amide bonds. The second-order valence-electron chi connectivity index (χ2n) is 4.96. The smallest absolute Gasteiger partial charge is 0.255 e. The number of halogens is 1. The molecule has 0 atom stereocenters. The Bertz CT molecular complexity index is 732. The summed E-state index contributed by atoms with van der Waals surface area (Å²) >= 11 is 0. The Balaban J connectivity index is 2.13. The number of hydrogen-bond acceptors (Lipinski definition) is 4. The lowest BCUT2D eigenvalue weighted by Gasteiger charge is -2.12. The van der Waals surface area contributed by atoms with Crippen LogP contribution in [-0.4, -0.2) is 25.5 Å². The molecular weight excluding hydrogens is 313 g/mol. The van der Waals surface area contributed by atoms with E-state index in [0.29, 0.717) is 22.7 Å². The van der Waals surface area contributed by atoms with Gasteiger partial charge in [0.25, 0.3) is 5.91 Å². The normalized spacial score (nSPS) is 10.1. The number of ether oxygens (including phenoxy) is 1. The third-order valence-corrected chi connectivity index (χ3v) is 3.21. The van der Waals surface area contributed by atoms with Gasteiger partial charge in [0.15, 0.2) is 0 Å². The molecule has 0 spiro atoms. The van der Waals surface area contributed by atoms with E-state index in [1.165, 1.54) is 31.4 Å². The van der Waals surface area contributed by atoms with Crippen LogP contribution >= 0.6 is 0 Å². The number of carbonyl (C=O) groups is 2. The van der Waals surface area contributed by atoms with Gasteiger partial charge in [-0.1, -0.05) is 0 Å². The molecule has 2 aromatic carbocycles. The summed E-state index contributed by atoms with van der Waals surface area (Å²) in [6.07, 6.45) is 0.214. The zero-order valence-corrected chi connectivity index (χ0v) is 13.1. The Kier molecular flexibility index (Phi) is 5.86. The molecule has 2 rings (SSSR count). The number of hydrogen-bond donors (Lipinski definition) is 3. The van der Waals surface area contributed by atoms with Crippen LogP contribution in [0.25, 0.3) is 0 Å². The summed E-state index contributed by atoms with van der Waals surface area (Å²) in [5, 5.41) is 5.37. The quantitative estimate of drug-likeness (QED) is 0.757. The van der Waals surface area contributed by atoms with Crippen LogP contribution in [0.2, 0.25) is 0 Å². The number of nitrogens with one attached hydrogen (secondary N) is 2. The second-order valence-corrected chi connectivity index (χ2v) is 4.96. The summed E-state index contributed by atoms with van der Waals surface area (Å²) in [6.45, 7) is 0.259. The maximum absolute atomic E-state index is 12.9. The van der Waals surface area contributed by atoms with Crippen LogP contribution in [0.4, 0.5) is 15.8 Å². The number of carbonyl (C=O) groups excluding carboxylic acids is 2. The highest BCUT2D eigenvalue weighted by molar-refractivity contribution is 6.05. The first-order chi connectivity index (χ1) is 11.5. The van der Waals surface area contributed by atoms with Crippen molar-refractivity contribution in [2.45, 2.75) is 6.42 Å². The van der Waals surface area contributed by atoms with Gasteiger partial charge in [0.1, 0.15) is 11.6 Å². The van der Waals surface area contributed by atoms with E-state index in [0.717, 1.165) is 0 Å². The summed E-state index contributed by atoms with van der Waals surface area (Å²) in [5.41, 5.74) is 6.61. The van der Waals surface area contributed by atoms with Gasteiger partial charge >= 0.3 is 0 Å². The summed E-state index contributed by atoms with van der Waals surface area (Å²) in [4.78, 5) is 23.7. The summed E-state index contributed by atoms with van der Waals surface area (Å²) < 4.78 is 18.1. The van der Waals surface area contributed by atoms with Crippen LogP contribution in [0, 0.1) is 5.82 Å². The molecule has 7 heteroatoms. The molecule has 0 radical (unpaired) electrons. The van der Waals surface area contributed by atoms with Gasteiger partial charge in [-0.2, -0.15) is 0 Å². The lowest BCUT2D eigenvalue weighted by Crippen LogP contribution is -2.16. The number of benzene rings is 2. The second kappa shape index (κ2) is 8.07. The zero-order valence-electron chi connectivity index (χ0n) is 13.1. The fourth-order valence-corrected chi connectivity index (χ4v) is 2.02. The third kappa shape index (κ3) is 4.53. The highest BCUT2D eigenvalue weighted by Gasteiger charge is 2.11. The molecule has 0 aliphatic rings. The molecular formula is C17H18FN3O3. The Morgan fingerprint density at radius 1 is 1.12 bits per heavy atom. The van der Waals surface area contributed by atoms with E-state index >= 15 is 0 Å². The lowest BCUT2D eigenvalue weighted by atomic mass is 10.2. The monoisotopic (exact) mass is 331 g/mol. The Morgan fingerprint density at radius 2 is 1.83 bits per heavy atom. The predicted molar refractivity (Wildman–Crippen MR) is 89.6 cm³/mol. The van der Waals surface area contributed by atoms with Crippen molar-refractivity contribution in [3.63, 3.8) is 0 Å². The SMILES string of the molecule is COc1cc(NC(=O)CCN)ccc1NC(=O)c1ccc(F)cc1. The molecule has 6 nitrogen and oxygen atoms in total. The molecule has 4 N–H and O–H groups in total. The van der Waals surface area contributed by atoms with E-state index in [1.807, 2.05) is 0 Å². The molecule has 24 heavy (non-hydrogen) atoms. The molecule has 0 saturated carbocycles. The fraction of sp³-hybridized carbons (Fsp3) is 0.176. The number of methoxy groups -OCH3 is 1. The maximum Gasteiger partial charge on any atom is 0.255 e. The first kappa shape index (κ1) is 17.4. The van der Waals surface area contributed by atoms with Crippen molar-refractivity contribution in [1.29, 1.82) is 0 Å². The fourth-order valence-electron chi connectivity index (χ4n) is 2.02. The van der Waals surface area contributed by atoms with Gasteiger partial charge in [0.05, 0.1) is 12.8 Å². The molecule has 0 fully saturated rings. The molecule has 0 unspecified atom stereocenters. The van der Waals surface area contributed by atoms with Gasteiger partial charge in [-0.15, -0.1) is 0 Å². The largest absolute Gasteiger partial charge is 0.494 e. The number of anilines is 2. The van der Waals surface area contributed by atoms with Crippen LogP contribution in [0.5, 0.6) is 5.75 Å². The van der Waals surface area contributed by atoms with E-state index in [-0.39, 0.29) is 18.9 Å². The van der Waals surface area contributed by atoms with E-state index in [9.17, 15) is 14.0 Å². The van der Waals surface area contributed by atoms with Gasteiger partial charge in [0.2, 0.25) is 5.91 Å². The van der Waals surface area contributed by atoms with Crippen molar-refractivity contribution in [3.8, 4) is 5.75 Å². The van der Waals surface area contributed by atoms with Crippen LogP contribution in [0.3, 0.4) is 0 Å². The van der Waals surface area contributed by atoms with Gasteiger partial charge in [-0.25, -0.2) is 4.39 Å².